The van der Waals surface area contributed by atoms with Crippen molar-refractivity contribution in [3.63, 3.8) is 0 Å². The molecule has 0 bridgehead atoms. The highest BCUT2D eigenvalue weighted by Crippen LogP contribution is 2.24. The van der Waals surface area contributed by atoms with Crippen molar-refractivity contribution in [1.29, 1.82) is 0 Å². The highest BCUT2D eigenvalue weighted by atomic mass is 35.5. The van der Waals surface area contributed by atoms with Gasteiger partial charge >= 0.3 is 0 Å². The van der Waals surface area contributed by atoms with Crippen LogP contribution >= 0.6 is 23.2 Å². The van der Waals surface area contributed by atoms with Gasteiger partial charge in [-0.3, -0.25) is 0 Å². The molecule has 4 aromatic rings. The predicted octanol–water partition coefficient (Wildman–Crippen LogP) is 5.07. The molecule has 0 aliphatic carbocycles. The van der Waals surface area contributed by atoms with E-state index in [9.17, 15) is 0 Å². The van der Waals surface area contributed by atoms with E-state index in [2.05, 4.69) is 21.4 Å². The molecular formula is C20H16Cl2N4O. The van der Waals surface area contributed by atoms with Crippen molar-refractivity contribution in [1.82, 2.24) is 20.0 Å². The maximum absolute atomic E-state index is 6.36. The minimum absolute atomic E-state index is 0.284. The number of rotatable bonds is 5. The largest absolute Gasteiger partial charge is 0.486 e. The molecule has 0 atom stereocenters. The van der Waals surface area contributed by atoms with E-state index in [-0.39, 0.29) is 6.61 Å². The first-order valence-electron chi connectivity index (χ1n) is 8.40. The summed E-state index contributed by atoms with van der Waals surface area (Å²) in [6, 6.07) is 15.5. The fourth-order valence-corrected chi connectivity index (χ4v) is 3.17. The first-order valence-corrected chi connectivity index (χ1v) is 9.16. The van der Waals surface area contributed by atoms with Crippen molar-refractivity contribution in [2.24, 2.45) is 0 Å². The summed E-state index contributed by atoms with van der Waals surface area (Å²) >= 11 is 12.4. The molecule has 7 heteroatoms. The van der Waals surface area contributed by atoms with Gasteiger partial charge in [-0.15, -0.1) is 5.10 Å². The van der Waals surface area contributed by atoms with Crippen LogP contribution in [-0.2, 0) is 13.2 Å². The molecule has 0 saturated carbocycles. The molecule has 0 aliphatic rings. The van der Waals surface area contributed by atoms with E-state index in [4.69, 9.17) is 27.9 Å². The Balaban J connectivity index is 1.49. The fraction of sp³-hybridized carbons (Fsp3) is 0.150. The van der Waals surface area contributed by atoms with Gasteiger partial charge in [0.25, 0.3) is 0 Å². The Hall–Kier alpha value is -2.63. The Bertz CT molecular complexity index is 1110. The summed E-state index contributed by atoms with van der Waals surface area (Å²) in [5.41, 5.74) is 3.63. The van der Waals surface area contributed by atoms with Crippen molar-refractivity contribution < 1.29 is 4.74 Å². The van der Waals surface area contributed by atoms with Crippen LogP contribution in [0.25, 0.3) is 10.9 Å². The maximum Gasteiger partial charge on any atom is 0.138 e. The summed E-state index contributed by atoms with van der Waals surface area (Å²) < 4.78 is 7.41. The van der Waals surface area contributed by atoms with Crippen molar-refractivity contribution in [3.05, 3.63) is 81.7 Å². The lowest BCUT2D eigenvalue weighted by atomic mass is 10.1. The monoisotopic (exact) mass is 398 g/mol. The molecule has 0 unspecified atom stereocenters. The van der Waals surface area contributed by atoms with Crippen LogP contribution < -0.4 is 4.74 Å². The van der Waals surface area contributed by atoms with Crippen LogP contribution in [0.15, 0.2) is 54.7 Å². The van der Waals surface area contributed by atoms with Gasteiger partial charge in [-0.1, -0.05) is 52.7 Å². The average Bonchev–Trinajstić information content (AvgIpc) is 3.09. The summed E-state index contributed by atoms with van der Waals surface area (Å²) in [7, 11) is 0. The second-order valence-electron chi connectivity index (χ2n) is 6.26. The summed E-state index contributed by atoms with van der Waals surface area (Å²) in [5, 5.41) is 10.4. The number of nitrogens with zero attached hydrogens (tertiary/aromatic N) is 4. The highest BCUT2D eigenvalue weighted by molar-refractivity contribution is 6.32. The maximum atomic E-state index is 6.36. The van der Waals surface area contributed by atoms with Gasteiger partial charge in [-0.2, -0.15) is 0 Å². The van der Waals surface area contributed by atoms with E-state index >= 15 is 0 Å². The Labute approximate surface area is 166 Å². The molecule has 5 nitrogen and oxygen atoms in total. The second-order valence-corrected chi connectivity index (χ2v) is 7.03. The first kappa shape index (κ1) is 17.8. The SMILES string of the molecule is Cc1ccc2cc(Cn3cc(COc4ccccc4Cl)nn3)c(Cl)nc2c1. The molecule has 2 aromatic carbocycles. The van der Waals surface area contributed by atoms with Crippen LogP contribution in [-0.4, -0.2) is 20.0 Å². The van der Waals surface area contributed by atoms with Crippen LogP contribution in [0.3, 0.4) is 0 Å². The van der Waals surface area contributed by atoms with Crippen molar-refractivity contribution in [2.75, 3.05) is 0 Å². The quantitative estimate of drug-likeness (QED) is 0.440. The smallest absolute Gasteiger partial charge is 0.138 e. The lowest BCUT2D eigenvalue weighted by molar-refractivity contribution is 0.301. The average molecular weight is 399 g/mol. The topological polar surface area (TPSA) is 52.8 Å². The standard InChI is InChI=1S/C20H16Cl2N4O/c1-13-6-7-14-9-15(20(22)23-18(14)8-13)10-26-11-16(24-25-26)12-27-19-5-3-2-4-17(19)21/h2-9,11H,10,12H2,1H3. The van der Waals surface area contributed by atoms with Gasteiger partial charge in [0.2, 0.25) is 0 Å². The number of halogens is 2. The molecule has 2 aromatic heterocycles. The molecular weight excluding hydrogens is 383 g/mol. The van der Waals surface area contributed by atoms with Gasteiger partial charge in [0.1, 0.15) is 23.2 Å². The van der Waals surface area contributed by atoms with Gasteiger partial charge in [-0.25, -0.2) is 9.67 Å². The van der Waals surface area contributed by atoms with Crippen molar-refractivity contribution >= 4 is 34.1 Å². The van der Waals surface area contributed by atoms with Gasteiger partial charge < -0.3 is 4.74 Å². The molecule has 0 N–H and O–H groups in total. The normalized spacial score (nSPS) is 11.1. The van der Waals surface area contributed by atoms with Gasteiger partial charge in [0.15, 0.2) is 0 Å². The number of ether oxygens (including phenoxy) is 1. The molecule has 136 valence electrons. The predicted molar refractivity (Wildman–Crippen MR) is 106 cm³/mol. The third-order valence-electron chi connectivity index (χ3n) is 4.13. The molecule has 0 amide bonds. The fourth-order valence-electron chi connectivity index (χ4n) is 2.78. The van der Waals surface area contributed by atoms with E-state index < -0.39 is 0 Å². The van der Waals surface area contributed by atoms with Crippen molar-refractivity contribution in [2.45, 2.75) is 20.1 Å². The number of pyridine rings is 1. The van der Waals surface area contributed by atoms with Gasteiger partial charge in [-0.05, 0) is 36.8 Å². The van der Waals surface area contributed by atoms with E-state index in [0.29, 0.717) is 28.2 Å². The molecule has 0 radical (unpaired) electrons. The number of para-hydroxylation sites is 1. The minimum Gasteiger partial charge on any atom is -0.486 e. The molecule has 27 heavy (non-hydrogen) atoms. The summed E-state index contributed by atoms with van der Waals surface area (Å²) in [6.07, 6.45) is 1.83. The van der Waals surface area contributed by atoms with E-state index in [1.807, 2.05) is 49.5 Å². The lowest BCUT2D eigenvalue weighted by Gasteiger charge is -2.07. The Morgan fingerprint density at radius 3 is 2.78 bits per heavy atom. The molecule has 0 saturated heterocycles. The van der Waals surface area contributed by atoms with Crippen LogP contribution in [0.4, 0.5) is 0 Å². The number of aromatic nitrogens is 4. The summed E-state index contributed by atoms with van der Waals surface area (Å²) in [4.78, 5) is 4.49. The number of fused-ring (bicyclic) bond motifs is 1. The highest BCUT2D eigenvalue weighted by Gasteiger charge is 2.09. The lowest BCUT2D eigenvalue weighted by Crippen LogP contribution is -2.02. The van der Waals surface area contributed by atoms with Gasteiger partial charge in [0.05, 0.1) is 23.3 Å². The summed E-state index contributed by atoms with van der Waals surface area (Å²) in [6.45, 7) is 2.80. The van der Waals surface area contributed by atoms with Crippen LogP contribution in [0.5, 0.6) is 5.75 Å². The Morgan fingerprint density at radius 2 is 1.93 bits per heavy atom. The molecule has 2 heterocycles. The van der Waals surface area contributed by atoms with Gasteiger partial charge in [0, 0.05) is 10.9 Å². The number of hydrogen-bond donors (Lipinski definition) is 0. The third-order valence-corrected chi connectivity index (χ3v) is 4.77. The van der Waals surface area contributed by atoms with E-state index in [0.717, 1.165) is 22.0 Å². The molecule has 0 fully saturated rings. The van der Waals surface area contributed by atoms with Crippen LogP contribution in [0.1, 0.15) is 16.8 Å². The summed E-state index contributed by atoms with van der Waals surface area (Å²) in [5.74, 6) is 0.616. The molecule has 4 rings (SSSR count). The number of hydrogen-bond acceptors (Lipinski definition) is 4. The Morgan fingerprint density at radius 1 is 1.07 bits per heavy atom. The zero-order chi connectivity index (χ0) is 18.8. The second kappa shape index (κ2) is 7.55. The molecule has 0 spiro atoms. The van der Waals surface area contributed by atoms with Crippen molar-refractivity contribution in [3.8, 4) is 5.75 Å². The van der Waals surface area contributed by atoms with Crippen LogP contribution in [0, 0.1) is 6.92 Å². The first-order chi connectivity index (χ1) is 13.1. The van der Waals surface area contributed by atoms with Crippen LogP contribution in [0.2, 0.25) is 10.2 Å². The Kier molecular flexibility index (Phi) is 4.97. The zero-order valence-corrected chi connectivity index (χ0v) is 16.1. The van der Waals surface area contributed by atoms with E-state index in [1.54, 1.807) is 10.7 Å². The zero-order valence-electron chi connectivity index (χ0n) is 14.6. The minimum atomic E-state index is 0.284. The van der Waals surface area contributed by atoms with E-state index in [1.165, 1.54) is 0 Å². The molecule has 0 aliphatic heterocycles. The number of benzene rings is 2. The number of aryl methyl sites for hydroxylation is 1. The third kappa shape index (κ3) is 4.04.